The molecular formula is C13H24N2OS. The van der Waals surface area contributed by atoms with E-state index in [0.29, 0.717) is 0 Å². The van der Waals surface area contributed by atoms with Crippen molar-refractivity contribution < 1.29 is 4.74 Å². The molecule has 0 unspecified atom stereocenters. The lowest BCUT2D eigenvalue weighted by Crippen LogP contribution is -2.42. The number of nitrogens with one attached hydrogen (secondary N) is 1. The summed E-state index contributed by atoms with van der Waals surface area (Å²) < 4.78 is 5.43. The first kappa shape index (κ1) is 13.2. The highest BCUT2D eigenvalue weighted by molar-refractivity contribution is 8.14. The Balaban J connectivity index is 1.96. The first-order chi connectivity index (χ1) is 8.05. The van der Waals surface area contributed by atoms with Gasteiger partial charge in [-0.2, -0.15) is 0 Å². The van der Waals surface area contributed by atoms with Gasteiger partial charge in [0.15, 0.2) is 5.17 Å². The van der Waals surface area contributed by atoms with Crippen LogP contribution in [0, 0.1) is 0 Å². The summed E-state index contributed by atoms with van der Waals surface area (Å²) in [6.07, 6.45) is 4.55. The van der Waals surface area contributed by atoms with Crippen molar-refractivity contribution in [2.45, 2.75) is 57.5 Å². The largest absolute Gasteiger partial charge is 0.381 e. The first-order valence-corrected chi connectivity index (χ1v) is 7.62. The van der Waals surface area contributed by atoms with Crippen LogP contribution < -0.4 is 5.32 Å². The van der Waals surface area contributed by atoms with E-state index in [-0.39, 0.29) is 11.1 Å². The highest BCUT2D eigenvalue weighted by atomic mass is 32.2. The van der Waals surface area contributed by atoms with Gasteiger partial charge < -0.3 is 10.1 Å². The van der Waals surface area contributed by atoms with Gasteiger partial charge in [0.2, 0.25) is 0 Å². The summed E-state index contributed by atoms with van der Waals surface area (Å²) in [5.74, 6) is 1.13. The molecule has 3 nitrogen and oxygen atoms in total. The van der Waals surface area contributed by atoms with Crippen LogP contribution in [-0.4, -0.2) is 35.2 Å². The minimum absolute atomic E-state index is 0.164. The molecule has 1 fully saturated rings. The van der Waals surface area contributed by atoms with Crippen LogP contribution in [0.2, 0.25) is 0 Å². The van der Waals surface area contributed by atoms with Gasteiger partial charge in [-0.05, 0) is 33.1 Å². The molecule has 2 aliphatic heterocycles. The standard InChI is InChI=1S/C13H24N2OS/c1-4-5-12(2,3)14-11-15-13(10-17-11)6-8-16-9-7-13/h4-10H2,1-3H3,(H,14,15). The lowest BCUT2D eigenvalue weighted by molar-refractivity contribution is 0.0623. The van der Waals surface area contributed by atoms with E-state index in [1.807, 2.05) is 11.8 Å². The molecule has 0 radical (unpaired) electrons. The van der Waals surface area contributed by atoms with E-state index >= 15 is 0 Å². The van der Waals surface area contributed by atoms with Crippen molar-refractivity contribution in [2.24, 2.45) is 4.99 Å². The Morgan fingerprint density at radius 1 is 1.41 bits per heavy atom. The summed E-state index contributed by atoms with van der Waals surface area (Å²) in [6, 6.07) is 0. The number of rotatable bonds is 3. The van der Waals surface area contributed by atoms with Crippen molar-refractivity contribution >= 4 is 16.9 Å². The second-order valence-electron chi connectivity index (χ2n) is 5.80. The Hall–Kier alpha value is -0.220. The van der Waals surface area contributed by atoms with Gasteiger partial charge in [0.25, 0.3) is 0 Å². The number of hydrogen-bond acceptors (Lipinski definition) is 4. The molecule has 0 saturated carbocycles. The molecule has 1 N–H and O–H groups in total. The van der Waals surface area contributed by atoms with Gasteiger partial charge in [-0.3, -0.25) is 4.99 Å². The van der Waals surface area contributed by atoms with E-state index in [2.05, 4.69) is 26.1 Å². The second kappa shape index (κ2) is 5.19. The molecule has 1 saturated heterocycles. The molecule has 0 atom stereocenters. The predicted octanol–water partition coefficient (Wildman–Crippen LogP) is 2.81. The molecule has 17 heavy (non-hydrogen) atoms. The molecule has 2 rings (SSSR count). The number of hydrogen-bond donors (Lipinski definition) is 1. The number of aliphatic imine (C=N–C) groups is 1. The van der Waals surface area contributed by atoms with Crippen molar-refractivity contribution in [3.63, 3.8) is 0 Å². The average molecular weight is 256 g/mol. The molecule has 98 valence electrons. The van der Waals surface area contributed by atoms with Crippen molar-refractivity contribution in [1.82, 2.24) is 5.32 Å². The van der Waals surface area contributed by atoms with Crippen LogP contribution in [-0.2, 0) is 4.74 Å². The van der Waals surface area contributed by atoms with E-state index in [1.54, 1.807) is 0 Å². The fourth-order valence-corrected chi connectivity index (χ4v) is 3.90. The lowest BCUT2D eigenvalue weighted by atomic mass is 9.93. The fourth-order valence-electron chi connectivity index (χ4n) is 2.53. The minimum atomic E-state index is 0.164. The van der Waals surface area contributed by atoms with Gasteiger partial charge >= 0.3 is 0 Å². The van der Waals surface area contributed by atoms with Gasteiger partial charge in [-0.1, -0.05) is 25.1 Å². The van der Waals surface area contributed by atoms with Crippen LogP contribution in [0.5, 0.6) is 0 Å². The monoisotopic (exact) mass is 256 g/mol. The highest BCUT2D eigenvalue weighted by Crippen LogP contribution is 2.35. The van der Waals surface area contributed by atoms with Gasteiger partial charge in [-0.25, -0.2) is 0 Å². The van der Waals surface area contributed by atoms with Gasteiger partial charge in [0.1, 0.15) is 0 Å². The van der Waals surface area contributed by atoms with E-state index in [0.717, 1.165) is 37.0 Å². The Kier molecular flexibility index (Phi) is 4.03. The molecule has 1 spiro atoms. The molecule has 2 aliphatic rings. The van der Waals surface area contributed by atoms with E-state index in [1.165, 1.54) is 12.8 Å². The normalized spacial score (nSPS) is 23.8. The average Bonchev–Trinajstić information content (AvgIpc) is 2.61. The maximum absolute atomic E-state index is 5.43. The lowest BCUT2D eigenvalue weighted by Gasteiger charge is -2.29. The molecule has 0 aromatic heterocycles. The Morgan fingerprint density at radius 2 is 2.12 bits per heavy atom. The van der Waals surface area contributed by atoms with Gasteiger partial charge in [-0.15, -0.1) is 0 Å². The van der Waals surface area contributed by atoms with E-state index in [9.17, 15) is 0 Å². The van der Waals surface area contributed by atoms with E-state index < -0.39 is 0 Å². The zero-order valence-electron chi connectivity index (χ0n) is 11.2. The summed E-state index contributed by atoms with van der Waals surface area (Å²) in [4.78, 5) is 4.93. The zero-order valence-corrected chi connectivity index (χ0v) is 12.0. The van der Waals surface area contributed by atoms with Crippen LogP contribution in [0.4, 0.5) is 0 Å². The molecule has 4 heteroatoms. The number of ether oxygens (including phenoxy) is 1. The zero-order chi connectivity index (χ0) is 12.4. The summed E-state index contributed by atoms with van der Waals surface area (Å²) in [5.41, 5.74) is 0.338. The third-order valence-corrected chi connectivity index (χ3v) is 4.71. The van der Waals surface area contributed by atoms with Crippen molar-refractivity contribution in [2.75, 3.05) is 19.0 Å². The maximum Gasteiger partial charge on any atom is 0.157 e. The predicted molar refractivity (Wildman–Crippen MR) is 74.8 cm³/mol. The molecule has 0 bridgehead atoms. The molecular weight excluding hydrogens is 232 g/mol. The maximum atomic E-state index is 5.43. The SMILES string of the molecule is CCCC(C)(C)NC1=NC2(CCOCC2)CS1. The first-order valence-electron chi connectivity index (χ1n) is 6.64. The highest BCUT2D eigenvalue weighted by Gasteiger charge is 2.38. The summed E-state index contributed by atoms with van der Waals surface area (Å²) in [6.45, 7) is 8.49. The second-order valence-corrected chi connectivity index (χ2v) is 6.77. The fraction of sp³-hybridized carbons (Fsp3) is 0.923. The third kappa shape index (κ3) is 3.38. The van der Waals surface area contributed by atoms with Crippen LogP contribution in [0.15, 0.2) is 4.99 Å². The number of amidine groups is 1. The van der Waals surface area contributed by atoms with Crippen LogP contribution >= 0.6 is 11.8 Å². The van der Waals surface area contributed by atoms with Gasteiger partial charge in [0.05, 0.1) is 5.54 Å². The van der Waals surface area contributed by atoms with Crippen LogP contribution in [0.1, 0.15) is 46.5 Å². The van der Waals surface area contributed by atoms with Crippen molar-refractivity contribution in [1.29, 1.82) is 0 Å². The van der Waals surface area contributed by atoms with Crippen LogP contribution in [0.25, 0.3) is 0 Å². The molecule has 0 aromatic rings. The van der Waals surface area contributed by atoms with Crippen molar-refractivity contribution in [3.05, 3.63) is 0 Å². The summed E-state index contributed by atoms with van der Waals surface area (Å²) >= 11 is 1.88. The molecule has 2 heterocycles. The molecule has 0 aromatic carbocycles. The minimum Gasteiger partial charge on any atom is -0.381 e. The number of thioether (sulfide) groups is 1. The third-order valence-electron chi connectivity index (χ3n) is 3.56. The molecule has 0 amide bonds. The number of nitrogens with zero attached hydrogens (tertiary/aromatic N) is 1. The molecule has 0 aliphatic carbocycles. The topological polar surface area (TPSA) is 33.6 Å². The van der Waals surface area contributed by atoms with E-state index in [4.69, 9.17) is 9.73 Å². The Morgan fingerprint density at radius 3 is 2.76 bits per heavy atom. The quantitative estimate of drug-likeness (QED) is 0.843. The van der Waals surface area contributed by atoms with Crippen molar-refractivity contribution in [3.8, 4) is 0 Å². The Bertz CT molecular complexity index is 296. The Labute approximate surface area is 109 Å². The summed E-state index contributed by atoms with van der Waals surface area (Å²) in [5, 5.41) is 4.74. The van der Waals surface area contributed by atoms with Gasteiger partial charge in [0, 0.05) is 24.5 Å². The summed E-state index contributed by atoms with van der Waals surface area (Å²) in [7, 11) is 0. The van der Waals surface area contributed by atoms with Crippen LogP contribution in [0.3, 0.4) is 0 Å². The smallest absolute Gasteiger partial charge is 0.157 e.